The number of aliphatic hydroxyl groups excluding tert-OH is 2. The summed E-state index contributed by atoms with van der Waals surface area (Å²) in [6.45, 7) is 1.75. The number of fused-ring (bicyclic) bond motifs is 1. The van der Waals surface area contributed by atoms with Crippen LogP contribution in [0.1, 0.15) is 18.9 Å². The first-order valence-electron chi connectivity index (χ1n) is 5.48. The Kier molecular flexibility index (Phi) is 3.26. The lowest BCUT2D eigenvalue weighted by Gasteiger charge is -2.08. The monoisotopic (exact) mass is 251 g/mol. The lowest BCUT2D eigenvalue weighted by atomic mass is 10.3. The van der Waals surface area contributed by atoms with Crippen LogP contribution in [-0.4, -0.2) is 31.3 Å². The summed E-state index contributed by atoms with van der Waals surface area (Å²) in [5, 5.41) is 29.3. The first-order chi connectivity index (χ1) is 8.54. The quantitative estimate of drug-likeness (QED) is 0.623. The third kappa shape index (κ3) is 2.05. The molecule has 1 aromatic heterocycles. The molecule has 1 atom stereocenters. The first kappa shape index (κ1) is 12.5. The van der Waals surface area contributed by atoms with E-state index < -0.39 is 11.0 Å². The highest BCUT2D eigenvalue weighted by atomic mass is 16.6. The van der Waals surface area contributed by atoms with Gasteiger partial charge in [-0.2, -0.15) is 0 Å². The zero-order chi connectivity index (χ0) is 13.3. The highest BCUT2D eigenvalue weighted by Gasteiger charge is 2.16. The third-order valence-electron chi connectivity index (χ3n) is 2.67. The molecule has 0 amide bonds. The number of benzene rings is 1. The molecule has 0 saturated carbocycles. The summed E-state index contributed by atoms with van der Waals surface area (Å²) >= 11 is 0. The smallest absolute Gasteiger partial charge is 0.271 e. The lowest BCUT2D eigenvalue weighted by molar-refractivity contribution is -0.384. The van der Waals surface area contributed by atoms with Crippen LogP contribution in [0, 0.1) is 10.1 Å². The van der Waals surface area contributed by atoms with Crippen molar-refractivity contribution in [1.29, 1.82) is 0 Å². The molecule has 7 nitrogen and oxygen atoms in total. The van der Waals surface area contributed by atoms with Crippen LogP contribution in [0.3, 0.4) is 0 Å². The summed E-state index contributed by atoms with van der Waals surface area (Å²) in [6, 6.07) is 4.31. The normalized spacial score (nSPS) is 12.8. The number of aliphatic hydroxyl groups is 2. The SMILES string of the molecule is C[C@H](O)c1nc2cc([N+](=O)[O-])ccc2n1CCO. The van der Waals surface area contributed by atoms with Gasteiger partial charge in [-0.1, -0.05) is 0 Å². The van der Waals surface area contributed by atoms with Crippen LogP contribution in [0.5, 0.6) is 0 Å². The molecular weight excluding hydrogens is 238 g/mol. The molecule has 2 rings (SSSR count). The third-order valence-corrected chi connectivity index (χ3v) is 2.67. The number of rotatable bonds is 4. The van der Waals surface area contributed by atoms with Gasteiger partial charge in [0.1, 0.15) is 11.9 Å². The maximum absolute atomic E-state index is 10.7. The summed E-state index contributed by atoms with van der Waals surface area (Å²) in [6.07, 6.45) is -0.803. The summed E-state index contributed by atoms with van der Waals surface area (Å²) in [4.78, 5) is 14.4. The minimum Gasteiger partial charge on any atom is -0.395 e. The molecular formula is C11H13N3O4. The van der Waals surface area contributed by atoms with Gasteiger partial charge in [0, 0.05) is 18.7 Å². The van der Waals surface area contributed by atoms with E-state index in [1.165, 1.54) is 12.1 Å². The topological polar surface area (TPSA) is 101 Å². The zero-order valence-electron chi connectivity index (χ0n) is 9.78. The fourth-order valence-electron chi connectivity index (χ4n) is 1.90. The van der Waals surface area contributed by atoms with Gasteiger partial charge in [0.2, 0.25) is 0 Å². The largest absolute Gasteiger partial charge is 0.395 e. The fraction of sp³-hybridized carbons (Fsp3) is 0.364. The van der Waals surface area contributed by atoms with Crippen molar-refractivity contribution in [1.82, 2.24) is 9.55 Å². The van der Waals surface area contributed by atoms with E-state index in [2.05, 4.69) is 4.98 Å². The maximum atomic E-state index is 10.7. The summed E-state index contributed by atoms with van der Waals surface area (Å²) < 4.78 is 1.66. The van der Waals surface area contributed by atoms with Gasteiger partial charge in [-0.15, -0.1) is 0 Å². The zero-order valence-corrected chi connectivity index (χ0v) is 9.78. The van der Waals surface area contributed by atoms with Crippen molar-refractivity contribution in [2.75, 3.05) is 6.61 Å². The van der Waals surface area contributed by atoms with Crippen LogP contribution in [0.2, 0.25) is 0 Å². The molecule has 0 spiro atoms. The number of non-ortho nitro benzene ring substituents is 1. The standard InChI is InChI=1S/C11H13N3O4/c1-7(16)11-12-9-6-8(14(17)18)2-3-10(9)13(11)4-5-15/h2-3,6-7,15-16H,4-5H2,1H3/t7-/m0/s1. The second-order valence-corrected chi connectivity index (χ2v) is 3.95. The Hall–Kier alpha value is -1.99. The number of aromatic nitrogens is 2. The number of nitrogens with zero attached hydrogens (tertiary/aromatic N) is 3. The van der Waals surface area contributed by atoms with Crippen LogP contribution < -0.4 is 0 Å². The van der Waals surface area contributed by atoms with Gasteiger partial charge in [-0.05, 0) is 13.0 Å². The lowest BCUT2D eigenvalue weighted by Crippen LogP contribution is -2.09. The van der Waals surface area contributed by atoms with Crippen molar-refractivity contribution in [3.05, 3.63) is 34.1 Å². The number of imidazole rings is 1. The summed E-state index contributed by atoms with van der Waals surface area (Å²) in [7, 11) is 0. The van der Waals surface area contributed by atoms with Gasteiger partial charge in [-0.25, -0.2) is 4.98 Å². The molecule has 0 aliphatic heterocycles. The Morgan fingerprint density at radius 2 is 2.28 bits per heavy atom. The van der Waals surface area contributed by atoms with Gasteiger partial charge in [0.15, 0.2) is 0 Å². The maximum Gasteiger partial charge on any atom is 0.271 e. The van der Waals surface area contributed by atoms with Crippen molar-refractivity contribution < 1.29 is 15.1 Å². The molecule has 0 aliphatic carbocycles. The van der Waals surface area contributed by atoms with E-state index >= 15 is 0 Å². The Morgan fingerprint density at radius 3 is 2.83 bits per heavy atom. The predicted octanol–water partition coefficient (Wildman–Crippen LogP) is 0.990. The molecule has 0 fully saturated rings. The van der Waals surface area contributed by atoms with Gasteiger partial charge in [0.25, 0.3) is 5.69 Å². The van der Waals surface area contributed by atoms with Crippen molar-refractivity contribution in [2.24, 2.45) is 0 Å². The first-order valence-corrected chi connectivity index (χ1v) is 5.48. The van der Waals surface area contributed by atoms with E-state index in [0.29, 0.717) is 16.9 Å². The second kappa shape index (κ2) is 4.71. The van der Waals surface area contributed by atoms with E-state index in [9.17, 15) is 15.2 Å². The van der Waals surface area contributed by atoms with Crippen LogP contribution in [0.15, 0.2) is 18.2 Å². The Labute approximate surface area is 102 Å². The van der Waals surface area contributed by atoms with Gasteiger partial charge >= 0.3 is 0 Å². The Morgan fingerprint density at radius 1 is 1.56 bits per heavy atom. The highest BCUT2D eigenvalue weighted by Crippen LogP contribution is 2.24. The summed E-state index contributed by atoms with van der Waals surface area (Å²) in [5.41, 5.74) is 1.05. The average Bonchev–Trinajstić information content (AvgIpc) is 2.68. The van der Waals surface area contributed by atoms with Gasteiger partial charge < -0.3 is 14.8 Å². The second-order valence-electron chi connectivity index (χ2n) is 3.95. The summed E-state index contributed by atoms with van der Waals surface area (Å²) in [5.74, 6) is 0.388. The van der Waals surface area contributed by atoms with Crippen LogP contribution >= 0.6 is 0 Å². The van der Waals surface area contributed by atoms with E-state index in [1.54, 1.807) is 17.6 Å². The number of nitro benzene ring substituents is 1. The molecule has 0 bridgehead atoms. The minimum atomic E-state index is -0.803. The average molecular weight is 251 g/mol. The molecule has 18 heavy (non-hydrogen) atoms. The molecule has 0 radical (unpaired) electrons. The van der Waals surface area contributed by atoms with Crippen molar-refractivity contribution >= 4 is 16.7 Å². The van der Waals surface area contributed by atoms with Crippen LogP contribution in [0.4, 0.5) is 5.69 Å². The number of hydrogen-bond donors (Lipinski definition) is 2. The molecule has 7 heteroatoms. The van der Waals surface area contributed by atoms with E-state index in [4.69, 9.17) is 5.11 Å². The molecule has 2 aromatic rings. The molecule has 1 aromatic carbocycles. The molecule has 96 valence electrons. The van der Waals surface area contributed by atoms with Crippen molar-refractivity contribution in [3.63, 3.8) is 0 Å². The van der Waals surface area contributed by atoms with Gasteiger partial charge in [-0.3, -0.25) is 10.1 Å². The number of hydrogen-bond acceptors (Lipinski definition) is 5. The molecule has 1 heterocycles. The van der Waals surface area contributed by atoms with Crippen LogP contribution in [0.25, 0.3) is 11.0 Å². The van der Waals surface area contributed by atoms with Gasteiger partial charge in [0.05, 0.1) is 22.6 Å². The van der Waals surface area contributed by atoms with Crippen molar-refractivity contribution in [3.8, 4) is 0 Å². The highest BCUT2D eigenvalue weighted by molar-refractivity contribution is 5.78. The molecule has 0 aliphatic rings. The van der Waals surface area contributed by atoms with E-state index in [0.717, 1.165) is 0 Å². The molecule has 0 unspecified atom stereocenters. The van der Waals surface area contributed by atoms with Crippen LogP contribution in [-0.2, 0) is 6.54 Å². The predicted molar refractivity (Wildman–Crippen MR) is 64.1 cm³/mol. The molecule has 0 saturated heterocycles. The minimum absolute atomic E-state index is 0.0479. The molecule has 2 N–H and O–H groups in total. The fourth-order valence-corrected chi connectivity index (χ4v) is 1.90. The Bertz CT molecular complexity index is 591. The van der Waals surface area contributed by atoms with Crippen molar-refractivity contribution in [2.45, 2.75) is 19.6 Å². The van der Waals surface area contributed by atoms with E-state index in [-0.39, 0.29) is 18.8 Å². The number of nitro groups is 1. The van der Waals surface area contributed by atoms with E-state index in [1.807, 2.05) is 0 Å². The Balaban J connectivity index is 2.64.